The Labute approximate surface area is 156 Å². The third-order valence-electron chi connectivity index (χ3n) is 3.43. The topological polar surface area (TPSA) is 52.0 Å². The van der Waals surface area contributed by atoms with Crippen LogP contribution in [0.3, 0.4) is 0 Å². The second-order valence-electron chi connectivity index (χ2n) is 5.27. The van der Waals surface area contributed by atoms with Crippen molar-refractivity contribution >= 4 is 40.5 Å². The van der Waals surface area contributed by atoms with E-state index in [2.05, 4.69) is 4.98 Å². The van der Waals surface area contributed by atoms with Gasteiger partial charge in [-0.1, -0.05) is 35.3 Å². The van der Waals surface area contributed by atoms with E-state index in [-0.39, 0.29) is 29.6 Å². The minimum atomic E-state index is -0.445. The number of hydrogen-bond donors (Lipinski definition) is 0. The fraction of sp³-hybridized carbons (Fsp3) is 0.118. The minimum Gasteiger partial charge on any atom is -0.294 e. The molecule has 0 bridgehead atoms. The van der Waals surface area contributed by atoms with Gasteiger partial charge < -0.3 is 0 Å². The number of benzene rings is 2. The van der Waals surface area contributed by atoms with Crippen LogP contribution in [-0.2, 0) is 13.0 Å². The fourth-order valence-corrected chi connectivity index (χ4v) is 3.64. The highest BCUT2D eigenvalue weighted by Gasteiger charge is 2.15. The SMILES string of the molecule is O=C(Cc1nc(=O)n(Cc2ccc(F)cc2)s1)c1ccc(Cl)cc1Cl. The Hall–Kier alpha value is -2.02. The molecule has 0 aliphatic rings. The third kappa shape index (κ3) is 4.34. The van der Waals surface area contributed by atoms with Gasteiger partial charge in [-0.3, -0.25) is 4.79 Å². The van der Waals surface area contributed by atoms with Crippen LogP contribution in [0.2, 0.25) is 10.0 Å². The molecule has 0 saturated heterocycles. The van der Waals surface area contributed by atoms with Crippen LogP contribution in [0.1, 0.15) is 20.9 Å². The molecule has 0 aliphatic carbocycles. The molecular formula is C17H11Cl2FN2O2S. The number of aromatic nitrogens is 2. The van der Waals surface area contributed by atoms with Crippen LogP contribution in [0, 0.1) is 5.82 Å². The van der Waals surface area contributed by atoms with Crippen molar-refractivity contribution in [1.29, 1.82) is 0 Å². The van der Waals surface area contributed by atoms with Crippen LogP contribution in [-0.4, -0.2) is 14.7 Å². The van der Waals surface area contributed by atoms with E-state index in [4.69, 9.17) is 23.2 Å². The summed E-state index contributed by atoms with van der Waals surface area (Å²) in [5, 5.41) is 1.09. The van der Waals surface area contributed by atoms with Crippen molar-refractivity contribution in [2.24, 2.45) is 0 Å². The highest BCUT2D eigenvalue weighted by atomic mass is 35.5. The molecule has 0 amide bonds. The Bertz CT molecular complexity index is 983. The first-order chi connectivity index (χ1) is 11.9. The van der Waals surface area contributed by atoms with Gasteiger partial charge in [-0.05, 0) is 47.4 Å². The lowest BCUT2D eigenvalue weighted by molar-refractivity contribution is 0.0993. The first-order valence-corrected chi connectivity index (χ1v) is 8.75. The van der Waals surface area contributed by atoms with Crippen molar-refractivity contribution in [3.63, 3.8) is 0 Å². The molecule has 0 radical (unpaired) electrons. The third-order valence-corrected chi connectivity index (χ3v) is 4.93. The molecule has 1 heterocycles. The van der Waals surface area contributed by atoms with Crippen LogP contribution in [0.15, 0.2) is 47.3 Å². The Balaban J connectivity index is 1.77. The van der Waals surface area contributed by atoms with Gasteiger partial charge in [0, 0.05) is 10.6 Å². The fourth-order valence-electron chi connectivity index (χ4n) is 2.22. The number of halogens is 3. The quantitative estimate of drug-likeness (QED) is 0.606. The average molecular weight is 397 g/mol. The molecule has 1 aromatic heterocycles. The molecule has 2 aromatic carbocycles. The Morgan fingerprint density at radius 1 is 1.16 bits per heavy atom. The predicted octanol–water partition coefficient (Wildman–Crippen LogP) is 4.22. The van der Waals surface area contributed by atoms with Gasteiger partial charge >= 0.3 is 5.69 Å². The largest absolute Gasteiger partial charge is 0.358 e. The van der Waals surface area contributed by atoms with Gasteiger partial charge in [-0.15, -0.1) is 0 Å². The average Bonchev–Trinajstić information content (AvgIpc) is 2.88. The first kappa shape index (κ1) is 17.8. The monoisotopic (exact) mass is 396 g/mol. The van der Waals surface area contributed by atoms with Gasteiger partial charge in [0.2, 0.25) is 0 Å². The second-order valence-corrected chi connectivity index (χ2v) is 7.20. The van der Waals surface area contributed by atoms with Crippen LogP contribution in [0.4, 0.5) is 4.39 Å². The van der Waals surface area contributed by atoms with Gasteiger partial charge in [-0.2, -0.15) is 4.98 Å². The normalized spacial score (nSPS) is 10.8. The van der Waals surface area contributed by atoms with Crippen molar-refractivity contribution in [2.45, 2.75) is 13.0 Å². The van der Waals surface area contributed by atoms with Crippen molar-refractivity contribution < 1.29 is 9.18 Å². The maximum Gasteiger partial charge on any atom is 0.358 e. The summed E-state index contributed by atoms with van der Waals surface area (Å²) in [7, 11) is 0. The molecule has 8 heteroatoms. The zero-order chi connectivity index (χ0) is 18.0. The van der Waals surface area contributed by atoms with E-state index in [1.165, 1.54) is 22.2 Å². The van der Waals surface area contributed by atoms with Gasteiger partial charge in [0.15, 0.2) is 5.78 Å². The lowest BCUT2D eigenvalue weighted by atomic mass is 10.1. The summed E-state index contributed by atoms with van der Waals surface area (Å²) in [5.41, 5.74) is 0.656. The molecule has 3 rings (SSSR count). The van der Waals surface area contributed by atoms with E-state index in [0.717, 1.165) is 17.1 Å². The smallest absolute Gasteiger partial charge is 0.294 e. The Morgan fingerprint density at radius 3 is 2.56 bits per heavy atom. The highest BCUT2D eigenvalue weighted by molar-refractivity contribution is 7.06. The lowest BCUT2D eigenvalue weighted by Crippen LogP contribution is -2.16. The molecule has 4 nitrogen and oxygen atoms in total. The standard InChI is InChI=1S/C17H11Cl2FN2O2S/c18-11-3-6-13(14(19)7-11)15(23)8-16-21-17(24)22(25-16)9-10-1-4-12(20)5-2-10/h1-7H,8-9H2. The Morgan fingerprint density at radius 2 is 1.88 bits per heavy atom. The molecule has 0 saturated carbocycles. The molecule has 25 heavy (non-hydrogen) atoms. The van der Waals surface area contributed by atoms with Gasteiger partial charge in [0.25, 0.3) is 0 Å². The maximum atomic E-state index is 12.9. The summed E-state index contributed by atoms with van der Waals surface area (Å²) >= 11 is 12.9. The molecule has 0 atom stereocenters. The maximum absolute atomic E-state index is 12.9. The number of carbonyl (C=O) groups excluding carboxylic acids is 1. The molecule has 0 spiro atoms. The van der Waals surface area contributed by atoms with E-state index in [1.807, 2.05) is 0 Å². The highest BCUT2D eigenvalue weighted by Crippen LogP contribution is 2.22. The van der Waals surface area contributed by atoms with Crippen molar-refractivity contribution in [1.82, 2.24) is 8.94 Å². The van der Waals surface area contributed by atoms with E-state index < -0.39 is 5.69 Å². The number of Topliss-reactive ketones (excluding diaryl/α,β-unsaturated/α-hetero) is 1. The van der Waals surface area contributed by atoms with Gasteiger partial charge in [0.05, 0.1) is 18.0 Å². The second kappa shape index (κ2) is 7.47. The minimum absolute atomic E-state index is 0.0301. The molecule has 3 aromatic rings. The van der Waals surface area contributed by atoms with E-state index in [1.54, 1.807) is 24.3 Å². The molecular weight excluding hydrogens is 386 g/mol. The summed E-state index contributed by atoms with van der Waals surface area (Å²) in [6, 6.07) is 10.5. The predicted molar refractivity (Wildman–Crippen MR) is 96.4 cm³/mol. The number of hydrogen-bond acceptors (Lipinski definition) is 4. The molecule has 0 fully saturated rings. The van der Waals surface area contributed by atoms with E-state index >= 15 is 0 Å². The first-order valence-electron chi connectivity index (χ1n) is 7.22. The summed E-state index contributed by atoms with van der Waals surface area (Å²) in [4.78, 5) is 28.2. The summed E-state index contributed by atoms with van der Waals surface area (Å²) in [6.07, 6.45) is -0.0301. The van der Waals surface area contributed by atoms with Crippen LogP contribution in [0.25, 0.3) is 0 Å². The summed E-state index contributed by atoms with van der Waals surface area (Å²) < 4.78 is 14.4. The number of nitrogens with zero attached hydrogens (tertiary/aromatic N) is 2. The number of rotatable bonds is 5. The lowest BCUT2D eigenvalue weighted by Gasteiger charge is -2.02. The van der Waals surface area contributed by atoms with Crippen LogP contribution in [0.5, 0.6) is 0 Å². The molecule has 0 N–H and O–H groups in total. The van der Waals surface area contributed by atoms with Crippen molar-refractivity contribution in [2.75, 3.05) is 0 Å². The van der Waals surface area contributed by atoms with Crippen molar-refractivity contribution in [3.05, 3.63) is 84.9 Å². The Kier molecular flexibility index (Phi) is 5.32. The van der Waals surface area contributed by atoms with Crippen LogP contribution >= 0.6 is 34.7 Å². The summed E-state index contributed by atoms with van der Waals surface area (Å²) in [5.74, 6) is -0.587. The van der Waals surface area contributed by atoms with Crippen LogP contribution < -0.4 is 5.69 Å². The van der Waals surface area contributed by atoms with Gasteiger partial charge in [0.1, 0.15) is 10.8 Å². The molecule has 0 aliphatic heterocycles. The van der Waals surface area contributed by atoms with Gasteiger partial charge in [-0.25, -0.2) is 13.1 Å². The number of ketones is 1. The van der Waals surface area contributed by atoms with Crippen molar-refractivity contribution in [3.8, 4) is 0 Å². The van der Waals surface area contributed by atoms with E-state index in [9.17, 15) is 14.0 Å². The zero-order valence-corrected chi connectivity index (χ0v) is 15.0. The zero-order valence-electron chi connectivity index (χ0n) is 12.7. The number of carbonyl (C=O) groups is 1. The molecule has 0 unspecified atom stereocenters. The molecule has 128 valence electrons. The van der Waals surface area contributed by atoms with E-state index in [0.29, 0.717) is 15.6 Å². The summed E-state index contributed by atoms with van der Waals surface area (Å²) in [6.45, 7) is 0.271.